The van der Waals surface area contributed by atoms with E-state index in [1.807, 2.05) is 43.3 Å². The van der Waals surface area contributed by atoms with Gasteiger partial charge in [0.05, 0.1) is 21.9 Å². The van der Waals surface area contributed by atoms with Crippen molar-refractivity contribution in [1.29, 1.82) is 0 Å². The Morgan fingerprint density at radius 1 is 1.41 bits per heavy atom. The number of ether oxygens (including phenoxy) is 1. The molecule has 1 aliphatic rings. The van der Waals surface area contributed by atoms with Crippen molar-refractivity contribution in [2.24, 2.45) is 0 Å². The van der Waals surface area contributed by atoms with Crippen LogP contribution in [-0.4, -0.2) is 35.4 Å². The van der Waals surface area contributed by atoms with E-state index in [1.165, 1.54) is 11.8 Å². The molecule has 1 saturated heterocycles. The van der Waals surface area contributed by atoms with Crippen LogP contribution >= 0.6 is 11.8 Å². The monoisotopic (exact) mass is 316 g/mol. The van der Waals surface area contributed by atoms with E-state index in [9.17, 15) is 4.79 Å². The maximum Gasteiger partial charge on any atom is 0.233 e. The van der Waals surface area contributed by atoms with Crippen molar-refractivity contribution in [3.05, 3.63) is 36.4 Å². The first-order valence-electron chi connectivity index (χ1n) is 7.64. The summed E-state index contributed by atoms with van der Waals surface area (Å²) in [6.07, 6.45) is 2.31. The van der Waals surface area contributed by atoms with Crippen LogP contribution in [0.3, 0.4) is 0 Å². The van der Waals surface area contributed by atoms with Gasteiger partial charge in [-0.2, -0.15) is 0 Å². The number of carbonyl (C=O) groups excluding carboxylic acids is 1. The zero-order chi connectivity index (χ0) is 15.4. The molecule has 5 heteroatoms. The number of amides is 1. The Balaban J connectivity index is 1.57. The van der Waals surface area contributed by atoms with Crippen LogP contribution in [0.4, 0.5) is 0 Å². The molecule has 1 amide bonds. The molecule has 1 aromatic heterocycles. The van der Waals surface area contributed by atoms with Crippen LogP contribution in [0.25, 0.3) is 10.9 Å². The molecular weight excluding hydrogens is 296 g/mol. The topological polar surface area (TPSA) is 51.2 Å². The predicted octanol–water partition coefficient (Wildman–Crippen LogP) is 3.01. The number of nitrogens with zero attached hydrogens (tertiary/aromatic N) is 1. The maximum atomic E-state index is 12.2. The third kappa shape index (κ3) is 3.78. The molecule has 0 saturated carbocycles. The van der Waals surface area contributed by atoms with Gasteiger partial charge in [-0.15, -0.1) is 0 Å². The number of nitrogens with one attached hydrogen (secondary N) is 1. The minimum absolute atomic E-state index is 0.0375. The average Bonchev–Trinajstić information content (AvgIpc) is 3.06. The molecule has 1 fully saturated rings. The van der Waals surface area contributed by atoms with Gasteiger partial charge < -0.3 is 10.1 Å². The molecule has 3 rings (SSSR count). The molecule has 1 aromatic carbocycles. The van der Waals surface area contributed by atoms with E-state index < -0.39 is 0 Å². The maximum absolute atomic E-state index is 12.2. The van der Waals surface area contributed by atoms with Gasteiger partial charge in [-0.3, -0.25) is 4.79 Å². The molecule has 2 atom stereocenters. The molecule has 0 aliphatic carbocycles. The van der Waals surface area contributed by atoms with Crippen LogP contribution in [0.2, 0.25) is 0 Å². The Morgan fingerprint density at radius 2 is 2.27 bits per heavy atom. The highest BCUT2D eigenvalue weighted by Gasteiger charge is 2.19. The minimum Gasteiger partial charge on any atom is -0.376 e. The zero-order valence-electron chi connectivity index (χ0n) is 12.6. The Hall–Kier alpha value is -1.59. The van der Waals surface area contributed by atoms with E-state index in [4.69, 9.17) is 4.74 Å². The van der Waals surface area contributed by atoms with Crippen LogP contribution < -0.4 is 5.32 Å². The summed E-state index contributed by atoms with van der Waals surface area (Å²) >= 11 is 1.49. The van der Waals surface area contributed by atoms with E-state index in [0.717, 1.165) is 35.4 Å². The number of thioether (sulfide) groups is 1. The fraction of sp³-hybridized carbons (Fsp3) is 0.412. The lowest BCUT2D eigenvalue weighted by Gasteiger charge is -2.14. The molecule has 2 heterocycles. The van der Waals surface area contributed by atoms with Gasteiger partial charge in [0.2, 0.25) is 5.91 Å². The van der Waals surface area contributed by atoms with Gasteiger partial charge in [0, 0.05) is 18.5 Å². The number of rotatable bonds is 5. The predicted molar refractivity (Wildman–Crippen MR) is 89.0 cm³/mol. The molecule has 116 valence electrons. The highest BCUT2D eigenvalue weighted by atomic mass is 32.2. The van der Waals surface area contributed by atoms with Crippen LogP contribution in [0.5, 0.6) is 0 Å². The smallest absolute Gasteiger partial charge is 0.233 e. The van der Waals surface area contributed by atoms with Gasteiger partial charge in [-0.05, 0) is 31.9 Å². The zero-order valence-corrected chi connectivity index (χ0v) is 13.4. The quantitative estimate of drug-likeness (QED) is 0.862. The first-order valence-corrected chi connectivity index (χ1v) is 8.52. The number of hydrogen-bond acceptors (Lipinski definition) is 4. The van der Waals surface area contributed by atoms with E-state index in [1.54, 1.807) is 0 Å². The van der Waals surface area contributed by atoms with E-state index in [0.29, 0.717) is 6.54 Å². The normalized spacial score (nSPS) is 19.2. The van der Waals surface area contributed by atoms with Gasteiger partial charge in [0.25, 0.3) is 0 Å². The second-order valence-corrected chi connectivity index (χ2v) is 6.84. The van der Waals surface area contributed by atoms with Crippen molar-refractivity contribution in [3.63, 3.8) is 0 Å². The number of fused-ring (bicyclic) bond motifs is 1. The average molecular weight is 316 g/mol. The lowest BCUT2D eigenvalue weighted by molar-refractivity contribution is -0.120. The van der Waals surface area contributed by atoms with Crippen molar-refractivity contribution < 1.29 is 9.53 Å². The van der Waals surface area contributed by atoms with Crippen molar-refractivity contribution >= 4 is 28.6 Å². The van der Waals surface area contributed by atoms with Gasteiger partial charge in [-0.25, -0.2) is 4.98 Å². The Bertz CT molecular complexity index is 656. The SMILES string of the molecule is C[C@H](Sc1ccc2ccccc2n1)C(=O)NC[C@@H]1CCCO1. The van der Waals surface area contributed by atoms with Gasteiger partial charge in [-0.1, -0.05) is 36.0 Å². The Kier molecular flexibility index (Phi) is 4.95. The van der Waals surface area contributed by atoms with Crippen LogP contribution in [0, 0.1) is 0 Å². The van der Waals surface area contributed by atoms with Crippen molar-refractivity contribution in [3.8, 4) is 0 Å². The summed E-state index contributed by atoms with van der Waals surface area (Å²) in [7, 11) is 0. The van der Waals surface area contributed by atoms with Crippen LogP contribution in [0.15, 0.2) is 41.4 Å². The van der Waals surface area contributed by atoms with Gasteiger partial charge in [0.1, 0.15) is 0 Å². The number of para-hydroxylation sites is 1. The third-order valence-corrected chi connectivity index (χ3v) is 4.80. The first kappa shape index (κ1) is 15.3. The molecule has 22 heavy (non-hydrogen) atoms. The highest BCUT2D eigenvalue weighted by Crippen LogP contribution is 2.24. The molecule has 0 spiro atoms. The lowest BCUT2D eigenvalue weighted by Crippen LogP contribution is -2.36. The third-order valence-electron chi connectivity index (χ3n) is 3.77. The van der Waals surface area contributed by atoms with E-state index in [-0.39, 0.29) is 17.3 Å². The van der Waals surface area contributed by atoms with E-state index >= 15 is 0 Å². The van der Waals surface area contributed by atoms with Crippen molar-refractivity contribution in [1.82, 2.24) is 10.3 Å². The molecule has 0 bridgehead atoms. The number of pyridine rings is 1. The lowest BCUT2D eigenvalue weighted by atomic mass is 10.2. The Labute approximate surface area is 134 Å². The molecule has 1 aliphatic heterocycles. The highest BCUT2D eigenvalue weighted by molar-refractivity contribution is 8.00. The van der Waals surface area contributed by atoms with Crippen LogP contribution in [0.1, 0.15) is 19.8 Å². The molecule has 1 N–H and O–H groups in total. The fourth-order valence-corrected chi connectivity index (χ4v) is 3.36. The molecule has 4 nitrogen and oxygen atoms in total. The van der Waals surface area contributed by atoms with E-state index in [2.05, 4.69) is 10.3 Å². The molecular formula is C17H20N2O2S. The van der Waals surface area contributed by atoms with Gasteiger partial charge in [0.15, 0.2) is 0 Å². The largest absolute Gasteiger partial charge is 0.376 e. The molecule has 2 aromatic rings. The summed E-state index contributed by atoms with van der Waals surface area (Å²) in [5.74, 6) is 0.0375. The van der Waals surface area contributed by atoms with Crippen molar-refractivity contribution in [2.45, 2.75) is 36.1 Å². The minimum atomic E-state index is -0.171. The summed E-state index contributed by atoms with van der Waals surface area (Å²) in [6, 6.07) is 12.0. The number of carbonyl (C=O) groups is 1. The van der Waals surface area contributed by atoms with Crippen molar-refractivity contribution in [2.75, 3.05) is 13.2 Å². The van der Waals surface area contributed by atoms with Crippen LogP contribution in [-0.2, 0) is 9.53 Å². The first-order chi connectivity index (χ1) is 10.7. The number of benzene rings is 1. The summed E-state index contributed by atoms with van der Waals surface area (Å²) in [5.41, 5.74) is 0.958. The second kappa shape index (κ2) is 7.11. The fourth-order valence-electron chi connectivity index (χ4n) is 2.51. The Morgan fingerprint density at radius 3 is 3.09 bits per heavy atom. The summed E-state index contributed by atoms with van der Waals surface area (Å²) in [5, 5.41) is 4.78. The molecule has 0 radical (unpaired) electrons. The van der Waals surface area contributed by atoms with Gasteiger partial charge >= 0.3 is 0 Å². The molecule has 0 unspecified atom stereocenters. The second-order valence-electron chi connectivity index (χ2n) is 5.48. The summed E-state index contributed by atoms with van der Waals surface area (Å²) < 4.78 is 5.52. The summed E-state index contributed by atoms with van der Waals surface area (Å²) in [4.78, 5) is 16.7. The number of hydrogen-bond donors (Lipinski definition) is 1. The standard InChI is InChI=1S/C17H20N2O2S/c1-12(17(20)18-11-14-6-4-10-21-14)22-16-9-8-13-5-2-3-7-15(13)19-16/h2-3,5,7-9,12,14H,4,6,10-11H2,1H3,(H,18,20)/t12-,14-/m0/s1. The number of aromatic nitrogens is 1. The summed E-state index contributed by atoms with van der Waals surface area (Å²) in [6.45, 7) is 3.33.